The van der Waals surface area contributed by atoms with Crippen molar-refractivity contribution in [3.8, 4) is 28.3 Å². The number of nitrogens with zero attached hydrogens (tertiary/aromatic N) is 4. The van der Waals surface area contributed by atoms with Crippen LogP contribution >= 0.6 is 0 Å². The highest BCUT2D eigenvalue weighted by Crippen LogP contribution is 2.33. The molecule has 2 aromatic carbocycles. The van der Waals surface area contributed by atoms with E-state index in [1.807, 2.05) is 45.3 Å². The highest BCUT2D eigenvalue weighted by molar-refractivity contribution is 5.69. The van der Waals surface area contributed by atoms with Gasteiger partial charge in [0.1, 0.15) is 29.6 Å². The zero-order valence-electron chi connectivity index (χ0n) is 24.9. The molecule has 0 radical (unpaired) electrons. The van der Waals surface area contributed by atoms with Gasteiger partial charge in [0.15, 0.2) is 0 Å². The summed E-state index contributed by atoms with van der Waals surface area (Å²) < 4.78 is 11.7. The first-order valence-corrected chi connectivity index (χ1v) is 14.9. The molecule has 2 saturated heterocycles. The van der Waals surface area contributed by atoms with Crippen molar-refractivity contribution in [1.29, 1.82) is 0 Å². The Morgan fingerprint density at radius 1 is 0.857 bits per heavy atom. The van der Waals surface area contributed by atoms with Crippen LogP contribution in [-0.4, -0.2) is 61.6 Å². The summed E-state index contributed by atoms with van der Waals surface area (Å²) in [5.74, 6) is 2.65. The predicted octanol–water partition coefficient (Wildman–Crippen LogP) is 6.88. The number of carbonyl (C=O) groups is 1. The van der Waals surface area contributed by atoms with Crippen LogP contribution in [0.3, 0.4) is 0 Å². The summed E-state index contributed by atoms with van der Waals surface area (Å²) in [7, 11) is 2.16. The minimum atomic E-state index is -0.524. The molecule has 0 unspecified atom stereocenters. The molecule has 0 aliphatic carbocycles. The van der Waals surface area contributed by atoms with Crippen molar-refractivity contribution < 1.29 is 14.3 Å². The highest BCUT2D eigenvalue weighted by Gasteiger charge is 2.35. The lowest BCUT2D eigenvalue weighted by Crippen LogP contribution is -2.36. The summed E-state index contributed by atoms with van der Waals surface area (Å²) >= 11 is 0. The minimum absolute atomic E-state index is 0.100. The maximum Gasteiger partial charge on any atom is 0.410 e. The van der Waals surface area contributed by atoms with Gasteiger partial charge in [0.05, 0.1) is 23.5 Å². The molecule has 2 aliphatic rings. The van der Waals surface area contributed by atoms with Gasteiger partial charge in [-0.15, -0.1) is 0 Å². The smallest absolute Gasteiger partial charge is 0.410 e. The van der Waals surface area contributed by atoms with E-state index in [1.54, 1.807) is 4.90 Å². The lowest BCUT2D eigenvalue weighted by molar-refractivity contribution is 0.0218. The van der Waals surface area contributed by atoms with Crippen molar-refractivity contribution in [3.05, 3.63) is 78.1 Å². The summed E-state index contributed by atoms with van der Waals surface area (Å²) in [6.07, 6.45) is 7.77. The molecule has 9 nitrogen and oxygen atoms in total. The molecule has 4 aromatic rings. The van der Waals surface area contributed by atoms with Gasteiger partial charge in [0, 0.05) is 30.1 Å². The number of nitrogens with one attached hydrogen (secondary N) is 2. The van der Waals surface area contributed by atoms with E-state index >= 15 is 0 Å². The van der Waals surface area contributed by atoms with Crippen LogP contribution in [0.25, 0.3) is 22.5 Å². The standard InChI is InChI=1S/C33H40N6O3/c1-33(2,3)42-32(40)39-18-6-8-29(39)31-35-20-26(37-31)23-11-9-22(10-12-23)21-41-25-15-13-24(14-16-25)27-19-34-30(36-27)28-7-5-17-38(28)4/h9-16,19-20,28-29H,5-8,17-18,21H2,1-4H3,(H,34,36)(H,35,37)/t28-,29-/m0/s1. The Labute approximate surface area is 247 Å². The Bertz CT molecular complexity index is 1500. The number of aromatic nitrogens is 4. The first-order chi connectivity index (χ1) is 20.2. The molecular formula is C33H40N6O3. The second-order valence-corrected chi connectivity index (χ2v) is 12.3. The molecule has 6 rings (SSSR count). The molecule has 2 aliphatic heterocycles. The number of ether oxygens (including phenoxy) is 2. The number of benzene rings is 2. The molecule has 42 heavy (non-hydrogen) atoms. The molecule has 2 N–H and O–H groups in total. The Balaban J connectivity index is 1.04. The maximum absolute atomic E-state index is 12.7. The third kappa shape index (κ3) is 6.21. The number of hydrogen-bond donors (Lipinski definition) is 2. The van der Waals surface area contributed by atoms with Crippen molar-refractivity contribution >= 4 is 6.09 Å². The molecule has 1 amide bonds. The summed E-state index contributed by atoms with van der Waals surface area (Å²) in [5, 5.41) is 0. The molecular weight excluding hydrogens is 528 g/mol. The van der Waals surface area contributed by atoms with Crippen LogP contribution in [0.2, 0.25) is 0 Å². The van der Waals surface area contributed by atoms with E-state index in [0.29, 0.717) is 19.2 Å². The zero-order chi connectivity index (χ0) is 29.3. The zero-order valence-corrected chi connectivity index (χ0v) is 24.9. The second kappa shape index (κ2) is 11.6. The van der Waals surface area contributed by atoms with E-state index in [1.165, 1.54) is 6.42 Å². The molecule has 9 heteroatoms. The fraction of sp³-hybridized carbons (Fsp3) is 0.424. The van der Waals surface area contributed by atoms with Crippen molar-refractivity contribution in [3.63, 3.8) is 0 Å². The third-order valence-corrected chi connectivity index (χ3v) is 8.03. The Hall–Kier alpha value is -4.11. The Kier molecular flexibility index (Phi) is 7.77. The van der Waals surface area contributed by atoms with Crippen molar-refractivity contribution in [2.24, 2.45) is 0 Å². The maximum atomic E-state index is 12.7. The highest BCUT2D eigenvalue weighted by atomic mass is 16.6. The van der Waals surface area contributed by atoms with Gasteiger partial charge in [-0.1, -0.05) is 24.3 Å². The molecule has 4 heterocycles. The fourth-order valence-corrected chi connectivity index (χ4v) is 5.82. The number of H-pyrrole nitrogens is 2. The quantitative estimate of drug-likeness (QED) is 0.252. The van der Waals surface area contributed by atoms with Crippen LogP contribution in [-0.2, 0) is 11.3 Å². The molecule has 2 aromatic heterocycles. The monoisotopic (exact) mass is 568 g/mol. The number of amides is 1. The van der Waals surface area contributed by atoms with Gasteiger partial charge in [-0.2, -0.15) is 0 Å². The van der Waals surface area contributed by atoms with E-state index in [0.717, 1.165) is 71.3 Å². The third-order valence-electron chi connectivity index (χ3n) is 8.03. The summed E-state index contributed by atoms with van der Waals surface area (Å²) in [6.45, 7) is 7.93. The molecule has 2 fully saturated rings. The number of hydrogen-bond acceptors (Lipinski definition) is 6. The first-order valence-electron chi connectivity index (χ1n) is 14.9. The number of aromatic amines is 2. The number of likely N-dealkylation sites (tertiary alicyclic amines) is 2. The molecule has 2 atom stereocenters. The Morgan fingerprint density at radius 2 is 1.43 bits per heavy atom. The summed E-state index contributed by atoms with van der Waals surface area (Å²) in [6, 6.07) is 16.6. The largest absolute Gasteiger partial charge is 0.489 e. The Morgan fingerprint density at radius 3 is 2.02 bits per heavy atom. The molecule has 0 spiro atoms. The van der Waals surface area contributed by atoms with E-state index in [4.69, 9.17) is 19.4 Å². The van der Waals surface area contributed by atoms with Crippen LogP contribution in [0.4, 0.5) is 4.79 Å². The summed E-state index contributed by atoms with van der Waals surface area (Å²) in [5.41, 5.74) is 4.44. The van der Waals surface area contributed by atoms with Crippen LogP contribution in [0.1, 0.15) is 75.8 Å². The van der Waals surface area contributed by atoms with Gasteiger partial charge in [0.25, 0.3) is 0 Å². The van der Waals surface area contributed by atoms with Crippen LogP contribution in [0.15, 0.2) is 60.9 Å². The van der Waals surface area contributed by atoms with E-state index in [2.05, 4.69) is 58.3 Å². The number of carbonyl (C=O) groups excluding carboxylic acids is 1. The SMILES string of the molecule is CN1CCC[C@H]1c1nc(-c2ccc(OCc3ccc(-c4c[nH]c([C@@H]5CCCN5C(=O)OC(C)(C)C)n4)cc3)cc2)c[nH]1. The van der Waals surface area contributed by atoms with Gasteiger partial charge >= 0.3 is 6.09 Å². The van der Waals surface area contributed by atoms with Crippen molar-refractivity contribution in [2.75, 3.05) is 20.1 Å². The lowest BCUT2D eigenvalue weighted by atomic mass is 10.1. The van der Waals surface area contributed by atoms with Gasteiger partial charge in [-0.3, -0.25) is 9.80 Å². The van der Waals surface area contributed by atoms with Crippen LogP contribution in [0, 0.1) is 0 Å². The fourth-order valence-electron chi connectivity index (χ4n) is 5.82. The van der Waals surface area contributed by atoms with Crippen LogP contribution < -0.4 is 4.74 Å². The summed E-state index contributed by atoms with van der Waals surface area (Å²) in [4.78, 5) is 33.2. The number of rotatable bonds is 7. The van der Waals surface area contributed by atoms with Crippen LogP contribution in [0.5, 0.6) is 5.75 Å². The minimum Gasteiger partial charge on any atom is -0.489 e. The molecule has 0 bridgehead atoms. The second-order valence-electron chi connectivity index (χ2n) is 12.3. The van der Waals surface area contributed by atoms with Gasteiger partial charge < -0.3 is 19.4 Å². The normalized spacial score (nSPS) is 19.4. The predicted molar refractivity (Wildman–Crippen MR) is 162 cm³/mol. The first kappa shape index (κ1) is 28.0. The topological polar surface area (TPSA) is 99.4 Å². The lowest BCUT2D eigenvalue weighted by Gasteiger charge is -2.27. The molecule has 220 valence electrons. The van der Waals surface area contributed by atoms with E-state index in [9.17, 15) is 4.79 Å². The molecule has 0 saturated carbocycles. The average molecular weight is 569 g/mol. The van der Waals surface area contributed by atoms with Gasteiger partial charge in [-0.05, 0) is 89.9 Å². The van der Waals surface area contributed by atoms with E-state index < -0.39 is 5.60 Å². The van der Waals surface area contributed by atoms with Crippen molar-refractivity contribution in [2.45, 2.75) is 70.7 Å². The van der Waals surface area contributed by atoms with E-state index in [-0.39, 0.29) is 12.1 Å². The average Bonchev–Trinajstić information content (AvgIpc) is 3.78. The van der Waals surface area contributed by atoms with Gasteiger partial charge in [-0.25, -0.2) is 14.8 Å². The van der Waals surface area contributed by atoms with Crippen molar-refractivity contribution in [1.82, 2.24) is 29.7 Å². The number of imidazole rings is 2. The van der Waals surface area contributed by atoms with Gasteiger partial charge in [0.2, 0.25) is 0 Å².